The van der Waals surface area contributed by atoms with Crippen LogP contribution in [0.25, 0.3) is 11.1 Å². The average molecular weight is 420 g/mol. The lowest BCUT2D eigenvalue weighted by Gasteiger charge is -2.33. The van der Waals surface area contributed by atoms with Gasteiger partial charge < -0.3 is 4.90 Å². The second kappa shape index (κ2) is 8.11. The molecular formula is C23H22ClN5O. The standard InChI is InChI=1S/C23H22ClN5O/c24-20-6-5-17(12-26-20)23(30)29-11-1-2-18(14-29)21-19(15-7-9-25-10-8-15)13-27-22(28-21)16-3-4-16/h5-10,12-13,16,18H,1-4,11,14H2. The SMILES string of the molecule is O=C(c1ccc(Cl)nc1)N1CCCC(c2nc(C3CC3)ncc2-c2ccncc2)C1. The summed E-state index contributed by atoms with van der Waals surface area (Å²) < 4.78 is 0. The van der Waals surface area contributed by atoms with Crippen LogP contribution in [0.3, 0.4) is 0 Å². The van der Waals surface area contributed by atoms with Crippen LogP contribution in [0.5, 0.6) is 0 Å². The number of hydrogen-bond donors (Lipinski definition) is 0. The van der Waals surface area contributed by atoms with Crippen LogP contribution in [0.15, 0.2) is 49.1 Å². The summed E-state index contributed by atoms with van der Waals surface area (Å²) in [6.07, 6.45) is 11.3. The maximum Gasteiger partial charge on any atom is 0.255 e. The van der Waals surface area contributed by atoms with Crippen molar-refractivity contribution in [2.24, 2.45) is 0 Å². The molecule has 0 spiro atoms. The predicted octanol–water partition coefficient (Wildman–Crippen LogP) is 4.48. The van der Waals surface area contributed by atoms with Crippen LogP contribution in [0.2, 0.25) is 5.15 Å². The summed E-state index contributed by atoms with van der Waals surface area (Å²) in [7, 11) is 0. The molecule has 1 aliphatic carbocycles. The normalized spacial score (nSPS) is 19.0. The van der Waals surface area contributed by atoms with Crippen LogP contribution < -0.4 is 0 Å². The summed E-state index contributed by atoms with van der Waals surface area (Å²) >= 11 is 5.87. The Kier molecular flexibility index (Phi) is 5.17. The van der Waals surface area contributed by atoms with E-state index < -0.39 is 0 Å². The second-order valence-electron chi connectivity index (χ2n) is 8.00. The highest BCUT2D eigenvalue weighted by Gasteiger charge is 2.31. The van der Waals surface area contributed by atoms with E-state index in [0.717, 1.165) is 54.9 Å². The van der Waals surface area contributed by atoms with Gasteiger partial charge in [-0.3, -0.25) is 9.78 Å². The number of carbonyl (C=O) groups excluding carboxylic acids is 1. The molecule has 5 rings (SSSR count). The fourth-order valence-corrected chi connectivity index (χ4v) is 4.19. The number of nitrogens with zero attached hydrogens (tertiary/aromatic N) is 5. The zero-order valence-corrected chi connectivity index (χ0v) is 17.3. The Morgan fingerprint density at radius 3 is 2.57 bits per heavy atom. The maximum atomic E-state index is 13.0. The lowest BCUT2D eigenvalue weighted by molar-refractivity contribution is 0.0705. The molecule has 3 aromatic rings. The zero-order valence-electron chi connectivity index (χ0n) is 16.5. The summed E-state index contributed by atoms with van der Waals surface area (Å²) in [6, 6.07) is 7.37. The Morgan fingerprint density at radius 2 is 1.83 bits per heavy atom. The quantitative estimate of drug-likeness (QED) is 0.583. The second-order valence-corrected chi connectivity index (χ2v) is 8.38. The molecule has 152 valence electrons. The van der Waals surface area contributed by atoms with Gasteiger partial charge in [0.1, 0.15) is 11.0 Å². The Morgan fingerprint density at radius 1 is 1.00 bits per heavy atom. The Bertz CT molecular complexity index is 1050. The third kappa shape index (κ3) is 3.92. The lowest BCUT2D eigenvalue weighted by atomic mass is 9.89. The first-order valence-electron chi connectivity index (χ1n) is 10.4. The molecule has 30 heavy (non-hydrogen) atoms. The molecule has 1 saturated heterocycles. The Hall–Kier alpha value is -2.86. The highest BCUT2D eigenvalue weighted by atomic mass is 35.5. The van der Waals surface area contributed by atoms with Crippen LogP contribution in [-0.4, -0.2) is 43.8 Å². The smallest absolute Gasteiger partial charge is 0.255 e. The van der Waals surface area contributed by atoms with E-state index in [9.17, 15) is 4.79 Å². The molecule has 1 atom stereocenters. The number of aromatic nitrogens is 4. The molecule has 7 heteroatoms. The zero-order chi connectivity index (χ0) is 20.5. The molecule has 1 aliphatic heterocycles. The number of piperidine rings is 1. The van der Waals surface area contributed by atoms with Gasteiger partial charge in [-0.25, -0.2) is 15.0 Å². The van der Waals surface area contributed by atoms with E-state index >= 15 is 0 Å². The molecule has 0 N–H and O–H groups in total. The largest absolute Gasteiger partial charge is 0.338 e. The topological polar surface area (TPSA) is 71.9 Å². The van der Waals surface area contributed by atoms with Crippen LogP contribution in [0.1, 0.15) is 59.4 Å². The number of halogens is 1. The molecule has 6 nitrogen and oxygen atoms in total. The molecule has 2 fully saturated rings. The van der Waals surface area contributed by atoms with Crippen LogP contribution >= 0.6 is 11.6 Å². The van der Waals surface area contributed by atoms with Crippen LogP contribution in [0.4, 0.5) is 0 Å². The van der Waals surface area contributed by atoms with Gasteiger partial charge in [0.05, 0.1) is 11.3 Å². The van der Waals surface area contributed by atoms with Crippen molar-refractivity contribution in [2.75, 3.05) is 13.1 Å². The molecule has 4 heterocycles. The molecule has 1 amide bonds. The first-order chi connectivity index (χ1) is 14.7. The minimum Gasteiger partial charge on any atom is -0.338 e. The van der Waals surface area contributed by atoms with Crippen molar-refractivity contribution in [3.8, 4) is 11.1 Å². The number of pyridine rings is 2. The molecular weight excluding hydrogens is 398 g/mol. The first kappa shape index (κ1) is 19.1. The number of hydrogen-bond acceptors (Lipinski definition) is 5. The third-order valence-corrected chi connectivity index (χ3v) is 6.06. The van der Waals surface area contributed by atoms with Crippen molar-refractivity contribution in [3.63, 3.8) is 0 Å². The summed E-state index contributed by atoms with van der Waals surface area (Å²) in [5.74, 6) is 1.59. The summed E-state index contributed by atoms with van der Waals surface area (Å²) in [6.45, 7) is 1.38. The van der Waals surface area contributed by atoms with Crippen LogP contribution in [0, 0.1) is 0 Å². The fourth-order valence-electron chi connectivity index (χ4n) is 4.08. The molecule has 2 aliphatic rings. The van der Waals surface area contributed by atoms with Gasteiger partial charge in [-0.15, -0.1) is 0 Å². The maximum absolute atomic E-state index is 13.0. The summed E-state index contributed by atoms with van der Waals surface area (Å²) in [5.41, 5.74) is 3.71. The average Bonchev–Trinajstić information content (AvgIpc) is 3.65. The number of carbonyl (C=O) groups is 1. The van der Waals surface area contributed by atoms with Gasteiger partial charge >= 0.3 is 0 Å². The highest BCUT2D eigenvalue weighted by molar-refractivity contribution is 6.29. The predicted molar refractivity (Wildman–Crippen MR) is 114 cm³/mol. The van der Waals surface area contributed by atoms with E-state index in [2.05, 4.69) is 15.0 Å². The monoisotopic (exact) mass is 419 g/mol. The third-order valence-electron chi connectivity index (χ3n) is 5.84. The number of rotatable bonds is 4. The number of amides is 1. The van der Waals surface area contributed by atoms with Gasteiger partial charge in [-0.05, 0) is 55.5 Å². The van der Waals surface area contributed by atoms with E-state index in [-0.39, 0.29) is 11.8 Å². The molecule has 0 radical (unpaired) electrons. The Balaban J connectivity index is 1.46. The van der Waals surface area contributed by atoms with Gasteiger partial charge in [0.2, 0.25) is 0 Å². The molecule has 0 aromatic carbocycles. The van der Waals surface area contributed by atoms with Crippen molar-refractivity contribution < 1.29 is 4.79 Å². The van der Waals surface area contributed by atoms with E-state index in [1.54, 1.807) is 30.7 Å². The van der Waals surface area contributed by atoms with E-state index in [4.69, 9.17) is 16.6 Å². The highest BCUT2D eigenvalue weighted by Crippen LogP contribution is 2.40. The minimum absolute atomic E-state index is 0.00852. The number of likely N-dealkylation sites (tertiary alicyclic amines) is 1. The molecule has 1 saturated carbocycles. The molecule has 0 bridgehead atoms. The van der Waals surface area contributed by atoms with Gasteiger partial charge in [-0.2, -0.15) is 0 Å². The van der Waals surface area contributed by atoms with Crippen LogP contribution in [-0.2, 0) is 0 Å². The first-order valence-corrected chi connectivity index (χ1v) is 10.7. The molecule has 1 unspecified atom stereocenters. The van der Waals surface area contributed by atoms with Crippen molar-refractivity contribution in [1.29, 1.82) is 0 Å². The van der Waals surface area contributed by atoms with Gasteiger partial charge in [-0.1, -0.05) is 11.6 Å². The van der Waals surface area contributed by atoms with E-state index in [1.165, 1.54) is 0 Å². The van der Waals surface area contributed by atoms with E-state index in [0.29, 0.717) is 23.2 Å². The Labute approximate surface area is 180 Å². The van der Waals surface area contributed by atoms with Crippen molar-refractivity contribution in [3.05, 3.63) is 71.3 Å². The fraction of sp³-hybridized carbons (Fsp3) is 0.348. The van der Waals surface area contributed by atoms with E-state index in [1.807, 2.05) is 23.2 Å². The van der Waals surface area contributed by atoms with Crippen molar-refractivity contribution in [2.45, 2.75) is 37.5 Å². The van der Waals surface area contributed by atoms with Gasteiger partial charge in [0, 0.05) is 55.3 Å². The lowest BCUT2D eigenvalue weighted by Crippen LogP contribution is -2.39. The van der Waals surface area contributed by atoms with Crippen molar-refractivity contribution in [1.82, 2.24) is 24.8 Å². The summed E-state index contributed by atoms with van der Waals surface area (Å²) in [4.78, 5) is 32.8. The summed E-state index contributed by atoms with van der Waals surface area (Å²) in [5, 5.41) is 0.388. The molecule has 3 aromatic heterocycles. The minimum atomic E-state index is -0.00852. The van der Waals surface area contributed by atoms with Gasteiger partial charge in [0.25, 0.3) is 5.91 Å². The van der Waals surface area contributed by atoms with Gasteiger partial charge in [0.15, 0.2) is 0 Å². The van der Waals surface area contributed by atoms with Crippen molar-refractivity contribution >= 4 is 17.5 Å².